The zero-order chi connectivity index (χ0) is 7.40. The van der Waals surface area contributed by atoms with Crippen LogP contribution in [0, 0.1) is 5.92 Å². The number of hydrogen-bond acceptors (Lipinski definition) is 1. The van der Waals surface area contributed by atoms with Gasteiger partial charge in [-0.3, -0.25) is 0 Å². The molecule has 1 aliphatic heterocycles. The summed E-state index contributed by atoms with van der Waals surface area (Å²) in [6.45, 7) is 8.60. The summed E-state index contributed by atoms with van der Waals surface area (Å²) in [6.07, 6.45) is 4.30. The van der Waals surface area contributed by atoms with Crippen molar-refractivity contribution in [2.45, 2.75) is 48.0 Å². The molecule has 0 aromatic carbocycles. The number of nitrogens with zero attached hydrogens (tertiary/aromatic N) is 1. The fourth-order valence-corrected chi connectivity index (χ4v) is 1.66. The smallest absolute Gasteiger partial charge is 0.000438 e. The van der Waals surface area contributed by atoms with Crippen molar-refractivity contribution in [1.29, 1.82) is 0 Å². The second-order valence-electron chi connectivity index (χ2n) is 3.76. The van der Waals surface area contributed by atoms with Crippen molar-refractivity contribution in [1.82, 2.24) is 4.90 Å². The third-order valence-electron chi connectivity index (χ3n) is 2.07. The summed E-state index contributed by atoms with van der Waals surface area (Å²) >= 11 is 0. The average Bonchev–Trinajstić information content (AvgIpc) is 1.88. The highest BCUT2D eigenvalue weighted by Crippen LogP contribution is 2.09. The molecule has 1 heteroatoms. The quantitative estimate of drug-likeness (QED) is 0.618. The van der Waals surface area contributed by atoms with E-state index in [1.165, 1.54) is 38.9 Å². The van der Waals surface area contributed by atoms with Gasteiger partial charge >= 0.3 is 0 Å². The molecule has 1 saturated heterocycles. The Morgan fingerprint density at radius 1 is 1.00 bits per heavy atom. The molecule has 0 spiro atoms. The second-order valence-corrected chi connectivity index (χ2v) is 3.76. The first-order chi connectivity index (χ1) is 4.79. The second kappa shape index (κ2) is 7.60. The average molecular weight is 173 g/mol. The third kappa shape index (κ3) is 5.59. The fourth-order valence-electron chi connectivity index (χ4n) is 1.66. The van der Waals surface area contributed by atoms with E-state index < -0.39 is 0 Å². The van der Waals surface area contributed by atoms with Gasteiger partial charge in [-0.25, -0.2) is 0 Å². The van der Waals surface area contributed by atoms with Crippen LogP contribution in [0.15, 0.2) is 0 Å². The highest BCUT2D eigenvalue weighted by molar-refractivity contribution is 4.65. The molecule has 1 heterocycles. The van der Waals surface area contributed by atoms with Crippen molar-refractivity contribution in [3.8, 4) is 0 Å². The first kappa shape index (κ1) is 14.5. The molecule has 0 amide bonds. The highest BCUT2D eigenvalue weighted by Gasteiger charge is 2.10. The molecule has 0 aromatic heterocycles. The van der Waals surface area contributed by atoms with Gasteiger partial charge < -0.3 is 4.90 Å². The van der Waals surface area contributed by atoms with E-state index in [1.807, 2.05) is 0 Å². The van der Waals surface area contributed by atoms with Crippen LogP contribution in [0.25, 0.3) is 0 Å². The van der Waals surface area contributed by atoms with Crippen LogP contribution in [0.5, 0.6) is 0 Å². The van der Waals surface area contributed by atoms with E-state index in [9.17, 15) is 0 Å². The lowest BCUT2D eigenvalue weighted by molar-refractivity contribution is 0.206. The maximum absolute atomic E-state index is 2.59. The van der Waals surface area contributed by atoms with Gasteiger partial charge in [-0.1, -0.05) is 35.1 Å². The summed E-state index contributed by atoms with van der Waals surface area (Å²) in [5.41, 5.74) is 0. The third-order valence-corrected chi connectivity index (χ3v) is 2.07. The molecule has 0 aliphatic carbocycles. The van der Waals surface area contributed by atoms with Crippen LogP contribution in [0.4, 0.5) is 0 Å². The minimum atomic E-state index is 0. The Morgan fingerprint density at radius 2 is 1.50 bits per heavy atom. The van der Waals surface area contributed by atoms with Gasteiger partial charge in [0, 0.05) is 6.54 Å². The maximum Gasteiger partial charge on any atom is 0.000438 e. The van der Waals surface area contributed by atoms with Crippen molar-refractivity contribution in [3.05, 3.63) is 0 Å². The zero-order valence-electron chi connectivity index (χ0n) is 7.27. The van der Waals surface area contributed by atoms with Crippen molar-refractivity contribution in [2.75, 3.05) is 19.6 Å². The molecule has 0 aromatic rings. The first-order valence-electron chi connectivity index (χ1n) is 4.51. The molecule has 1 rings (SSSR count). The Morgan fingerprint density at radius 3 is 1.92 bits per heavy atom. The molecule has 1 fully saturated rings. The molecule has 1 aliphatic rings. The molecule has 0 radical (unpaired) electrons. The topological polar surface area (TPSA) is 3.24 Å². The van der Waals surface area contributed by atoms with Gasteiger partial charge in [0.25, 0.3) is 0 Å². The number of piperidine rings is 1. The van der Waals surface area contributed by atoms with Gasteiger partial charge in [-0.05, 0) is 31.8 Å². The summed E-state index contributed by atoms with van der Waals surface area (Å²) in [5, 5.41) is 0. The molecule has 12 heavy (non-hydrogen) atoms. The Labute approximate surface area is 79.2 Å². The van der Waals surface area contributed by atoms with Crippen molar-refractivity contribution in [3.63, 3.8) is 0 Å². The molecule has 0 unspecified atom stereocenters. The summed E-state index contributed by atoms with van der Waals surface area (Å²) in [4.78, 5) is 2.59. The molecule has 0 saturated carbocycles. The fraction of sp³-hybridized carbons (Fsp3) is 1.00. The summed E-state index contributed by atoms with van der Waals surface area (Å²) in [6, 6.07) is 0. The van der Waals surface area contributed by atoms with Crippen LogP contribution in [-0.4, -0.2) is 24.5 Å². The van der Waals surface area contributed by atoms with E-state index in [-0.39, 0.29) is 14.9 Å². The van der Waals surface area contributed by atoms with Gasteiger partial charge in [0.05, 0.1) is 0 Å². The number of hydrogen-bond donors (Lipinski definition) is 0. The number of rotatable bonds is 2. The molecule has 0 bridgehead atoms. The van der Waals surface area contributed by atoms with E-state index in [4.69, 9.17) is 0 Å². The standard InChI is InChI=1S/C9H19N.2CH4/c1-9(2)8-10-6-4-3-5-7-10;;/h9H,3-8H2,1-2H3;2*1H4. The van der Waals surface area contributed by atoms with Crippen LogP contribution in [0.1, 0.15) is 48.0 Å². The molecule has 0 N–H and O–H groups in total. The summed E-state index contributed by atoms with van der Waals surface area (Å²) in [7, 11) is 0. The number of likely N-dealkylation sites (tertiary alicyclic amines) is 1. The van der Waals surface area contributed by atoms with E-state index in [0.29, 0.717) is 0 Å². The molecular weight excluding hydrogens is 146 g/mol. The molecule has 1 nitrogen and oxygen atoms in total. The monoisotopic (exact) mass is 173 g/mol. The van der Waals surface area contributed by atoms with Crippen LogP contribution in [-0.2, 0) is 0 Å². The minimum Gasteiger partial charge on any atom is -0.303 e. The Kier molecular flexibility index (Phi) is 9.17. The molecule has 76 valence electrons. The van der Waals surface area contributed by atoms with Crippen LogP contribution >= 0.6 is 0 Å². The van der Waals surface area contributed by atoms with Gasteiger partial charge in [0.15, 0.2) is 0 Å². The lowest BCUT2D eigenvalue weighted by Crippen LogP contribution is -2.32. The van der Waals surface area contributed by atoms with Crippen molar-refractivity contribution >= 4 is 0 Å². The van der Waals surface area contributed by atoms with Crippen LogP contribution in [0.3, 0.4) is 0 Å². The van der Waals surface area contributed by atoms with E-state index in [0.717, 1.165) is 5.92 Å². The Hall–Kier alpha value is -0.0400. The first-order valence-corrected chi connectivity index (χ1v) is 4.51. The zero-order valence-corrected chi connectivity index (χ0v) is 7.27. The van der Waals surface area contributed by atoms with Crippen molar-refractivity contribution in [2.24, 2.45) is 5.92 Å². The van der Waals surface area contributed by atoms with Gasteiger partial charge in [0.1, 0.15) is 0 Å². The summed E-state index contributed by atoms with van der Waals surface area (Å²) in [5.74, 6) is 0.845. The lowest BCUT2D eigenvalue weighted by Gasteiger charge is -2.27. The predicted molar refractivity (Wildman–Crippen MR) is 58.6 cm³/mol. The van der Waals surface area contributed by atoms with Crippen LogP contribution in [0.2, 0.25) is 0 Å². The molecule has 0 atom stereocenters. The van der Waals surface area contributed by atoms with Gasteiger partial charge in [-0.2, -0.15) is 0 Å². The van der Waals surface area contributed by atoms with Gasteiger partial charge in [-0.15, -0.1) is 0 Å². The largest absolute Gasteiger partial charge is 0.303 e. The molecular formula is C11H27N. The Balaban J connectivity index is 0. The summed E-state index contributed by atoms with van der Waals surface area (Å²) < 4.78 is 0. The Bertz CT molecular complexity index is 83.0. The normalized spacial score (nSPS) is 18.2. The van der Waals surface area contributed by atoms with E-state index in [2.05, 4.69) is 18.7 Å². The SMILES string of the molecule is C.C.CC(C)CN1CCCCC1. The van der Waals surface area contributed by atoms with E-state index >= 15 is 0 Å². The van der Waals surface area contributed by atoms with Crippen LogP contribution < -0.4 is 0 Å². The maximum atomic E-state index is 2.59. The minimum absolute atomic E-state index is 0. The van der Waals surface area contributed by atoms with Gasteiger partial charge in [0.2, 0.25) is 0 Å². The van der Waals surface area contributed by atoms with E-state index in [1.54, 1.807) is 0 Å². The van der Waals surface area contributed by atoms with Crippen molar-refractivity contribution < 1.29 is 0 Å². The predicted octanol–water partition coefficient (Wildman–Crippen LogP) is 3.40. The lowest BCUT2D eigenvalue weighted by atomic mass is 10.1. The highest BCUT2D eigenvalue weighted by atomic mass is 15.1.